The van der Waals surface area contributed by atoms with Gasteiger partial charge in [0, 0.05) is 51.6 Å². The molecule has 0 saturated heterocycles. The lowest BCUT2D eigenvalue weighted by Gasteiger charge is -2.03. The van der Waals surface area contributed by atoms with Crippen LogP contribution in [0.3, 0.4) is 0 Å². The third kappa shape index (κ3) is 4.59. The number of nitrogens with zero attached hydrogens (tertiary/aromatic N) is 2. The van der Waals surface area contributed by atoms with Crippen LogP contribution in [0.4, 0.5) is 0 Å². The van der Waals surface area contributed by atoms with Crippen LogP contribution in [0.1, 0.15) is 71.7 Å². The minimum Gasteiger partial charge on any atom is -0.355 e. The third-order valence-electron chi connectivity index (χ3n) is 6.95. The number of aromatic amines is 2. The molecule has 0 saturated carbocycles. The van der Waals surface area contributed by atoms with E-state index in [0.717, 1.165) is 67.1 Å². The molecule has 182 valence electrons. The second-order valence-corrected chi connectivity index (χ2v) is 9.61. The van der Waals surface area contributed by atoms with E-state index in [-0.39, 0.29) is 11.6 Å². The van der Waals surface area contributed by atoms with Crippen LogP contribution in [-0.4, -0.2) is 31.5 Å². The van der Waals surface area contributed by atoms with Crippen molar-refractivity contribution in [2.45, 2.75) is 53.4 Å². The van der Waals surface area contributed by atoms with Crippen LogP contribution >= 0.6 is 0 Å². The standard InChI is InChI=1S/C30H30N4O2/c1-17(35)5-7-21-27-13-9-23(31-27)19(3)25-11-15-29(33-25)22(8-6-18(2)36)30-16-12-26(34-30)20(4)24-10-14-28(21)32-24/h9-16,31,33H,5-8H2,1-4H3. The van der Waals surface area contributed by atoms with E-state index >= 15 is 0 Å². The Kier molecular flexibility index (Phi) is 6.27. The zero-order valence-electron chi connectivity index (χ0n) is 21.2. The highest BCUT2D eigenvalue weighted by atomic mass is 16.1. The number of rotatable bonds is 6. The maximum atomic E-state index is 11.8. The van der Waals surface area contributed by atoms with Crippen molar-refractivity contribution in [2.24, 2.45) is 0 Å². The molecule has 0 spiro atoms. The SMILES string of the molecule is CC(=O)CCc1c2nc(c(C)c3nc(c(CCC(C)=O)c4ccc([nH]4)c(C)c4ccc1[nH]4)C=C3)C=C2. The van der Waals surface area contributed by atoms with Gasteiger partial charge in [0.25, 0.3) is 0 Å². The van der Waals surface area contributed by atoms with Gasteiger partial charge in [-0.3, -0.25) is 0 Å². The van der Waals surface area contributed by atoms with Gasteiger partial charge in [-0.05, 0) is 94.7 Å². The lowest BCUT2D eigenvalue weighted by atomic mass is 10.1. The van der Waals surface area contributed by atoms with Gasteiger partial charge < -0.3 is 19.6 Å². The van der Waals surface area contributed by atoms with E-state index in [1.807, 2.05) is 31.2 Å². The second-order valence-electron chi connectivity index (χ2n) is 9.61. The van der Waals surface area contributed by atoms with Gasteiger partial charge in [-0.2, -0.15) is 0 Å². The first kappa shape index (κ1) is 23.7. The lowest BCUT2D eigenvalue weighted by molar-refractivity contribution is -0.117. The summed E-state index contributed by atoms with van der Waals surface area (Å²) in [7, 11) is 0. The Bertz CT molecular complexity index is 1500. The number of hydrogen-bond acceptors (Lipinski definition) is 4. The zero-order valence-corrected chi connectivity index (χ0v) is 21.2. The van der Waals surface area contributed by atoms with E-state index < -0.39 is 0 Å². The molecule has 5 heterocycles. The van der Waals surface area contributed by atoms with Gasteiger partial charge in [-0.1, -0.05) is 0 Å². The largest absolute Gasteiger partial charge is 0.355 e. The van der Waals surface area contributed by atoms with Crippen LogP contribution in [0.5, 0.6) is 0 Å². The van der Waals surface area contributed by atoms with Crippen molar-refractivity contribution in [3.05, 3.63) is 69.3 Å². The Morgan fingerprint density at radius 3 is 1.42 bits per heavy atom. The Balaban J connectivity index is 1.86. The highest BCUT2D eigenvalue weighted by molar-refractivity contribution is 5.84. The molecule has 0 radical (unpaired) electrons. The lowest BCUT2D eigenvalue weighted by Crippen LogP contribution is -1.98. The summed E-state index contributed by atoms with van der Waals surface area (Å²) in [6.45, 7) is 7.36. The molecule has 8 bridgehead atoms. The number of Topliss-reactive ketones (excluding diaryl/α,β-unsaturated/α-hetero) is 2. The molecule has 0 amide bonds. The van der Waals surface area contributed by atoms with Crippen LogP contribution in [0.2, 0.25) is 0 Å². The highest BCUT2D eigenvalue weighted by Gasteiger charge is 2.15. The predicted octanol–water partition coefficient (Wildman–Crippen LogP) is 6.32. The van der Waals surface area contributed by atoms with Gasteiger partial charge in [-0.25, -0.2) is 9.97 Å². The summed E-state index contributed by atoms with van der Waals surface area (Å²) in [5, 5.41) is 0. The molecule has 2 aliphatic heterocycles. The Morgan fingerprint density at radius 1 is 0.611 bits per heavy atom. The first-order chi connectivity index (χ1) is 17.3. The predicted molar refractivity (Wildman–Crippen MR) is 146 cm³/mol. The first-order valence-electron chi connectivity index (χ1n) is 12.4. The van der Waals surface area contributed by atoms with Crippen molar-refractivity contribution in [3.8, 4) is 0 Å². The van der Waals surface area contributed by atoms with Crippen LogP contribution in [0, 0.1) is 13.8 Å². The molecule has 6 nitrogen and oxygen atoms in total. The van der Waals surface area contributed by atoms with Gasteiger partial charge in [0.05, 0.1) is 22.8 Å². The van der Waals surface area contributed by atoms with Crippen LogP contribution in [0.15, 0.2) is 24.3 Å². The Labute approximate surface area is 210 Å². The van der Waals surface area contributed by atoms with Gasteiger partial charge in [0.1, 0.15) is 11.6 Å². The summed E-state index contributed by atoms with van der Waals surface area (Å²) in [6, 6.07) is 8.28. The quantitative estimate of drug-likeness (QED) is 0.299. The molecule has 0 unspecified atom stereocenters. The summed E-state index contributed by atoms with van der Waals surface area (Å²) in [4.78, 5) is 40.6. The molecule has 0 fully saturated rings. The number of carbonyl (C=O) groups is 2. The van der Waals surface area contributed by atoms with Crippen LogP contribution in [-0.2, 0) is 22.4 Å². The number of aryl methyl sites for hydroxylation is 3. The molecule has 36 heavy (non-hydrogen) atoms. The smallest absolute Gasteiger partial charge is 0.130 e. The zero-order chi connectivity index (χ0) is 25.4. The van der Waals surface area contributed by atoms with Crippen molar-refractivity contribution >= 4 is 57.9 Å². The summed E-state index contributed by atoms with van der Waals surface area (Å²) in [5.41, 5.74) is 11.5. The van der Waals surface area contributed by atoms with Gasteiger partial charge in [-0.15, -0.1) is 0 Å². The van der Waals surface area contributed by atoms with Crippen molar-refractivity contribution in [3.63, 3.8) is 0 Å². The molecule has 0 atom stereocenters. The minimum atomic E-state index is 0.156. The topological polar surface area (TPSA) is 91.5 Å². The van der Waals surface area contributed by atoms with E-state index in [2.05, 4.69) is 41.2 Å². The molecule has 3 aromatic rings. The summed E-state index contributed by atoms with van der Waals surface area (Å²) < 4.78 is 0. The number of nitrogens with one attached hydrogen (secondary N) is 2. The third-order valence-corrected chi connectivity index (χ3v) is 6.95. The molecule has 5 rings (SSSR count). The fraction of sp³-hybridized carbons (Fsp3) is 0.267. The molecular weight excluding hydrogens is 448 g/mol. The number of hydrogen-bond donors (Lipinski definition) is 2. The Morgan fingerprint density at radius 2 is 1.00 bits per heavy atom. The van der Waals surface area contributed by atoms with Gasteiger partial charge >= 0.3 is 0 Å². The normalized spacial score (nSPS) is 12.3. The van der Waals surface area contributed by atoms with Crippen LogP contribution < -0.4 is 0 Å². The molecular formula is C30H30N4O2. The Hall–Kier alpha value is -4.06. The maximum absolute atomic E-state index is 11.8. The van der Waals surface area contributed by atoms with E-state index in [0.29, 0.717) is 25.7 Å². The second kappa shape index (κ2) is 9.53. The molecule has 0 aliphatic carbocycles. The number of ketones is 2. The highest BCUT2D eigenvalue weighted by Crippen LogP contribution is 2.27. The molecule has 2 aliphatic rings. The van der Waals surface area contributed by atoms with E-state index in [9.17, 15) is 9.59 Å². The number of aromatic nitrogens is 4. The monoisotopic (exact) mass is 478 g/mol. The van der Waals surface area contributed by atoms with E-state index in [1.165, 1.54) is 0 Å². The maximum Gasteiger partial charge on any atom is 0.130 e. The van der Waals surface area contributed by atoms with Gasteiger partial charge in [0.2, 0.25) is 0 Å². The number of fused-ring (bicyclic) bond motifs is 8. The van der Waals surface area contributed by atoms with Gasteiger partial charge in [0.15, 0.2) is 0 Å². The van der Waals surface area contributed by atoms with Crippen molar-refractivity contribution in [1.82, 2.24) is 19.9 Å². The summed E-state index contributed by atoms with van der Waals surface area (Å²) >= 11 is 0. The fourth-order valence-corrected chi connectivity index (χ4v) is 4.74. The average Bonchev–Trinajstić information content (AvgIpc) is 3.65. The van der Waals surface area contributed by atoms with E-state index in [1.54, 1.807) is 13.8 Å². The van der Waals surface area contributed by atoms with Crippen LogP contribution in [0.25, 0.3) is 46.4 Å². The van der Waals surface area contributed by atoms with Crippen molar-refractivity contribution < 1.29 is 9.59 Å². The number of carbonyl (C=O) groups excluding carboxylic acids is 2. The van der Waals surface area contributed by atoms with Crippen molar-refractivity contribution in [2.75, 3.05) is 0 Å². The average molecular weight is 479 g/mol. The fourth-order valence-electron chi connectivity index (χ4n) is 4.74. The molecule has 2 N–H and O–H groups in total. The molecule has 3 aromatic heterocycles. The first-order valence-corrected chi connectivity index (χ1v) is 12.4. The minimum absolute atomic E-state index is 0.156. The van der Waals surface area contributed by atoms with Crippen molar-refractivity contribution in [1.29, 1.82) is 0 Å². The molecule has 6 heteroatoms. The summed E-state index contributed by atoms with van der Waals surface area (Å²) in [6.07, 6.45) is 10.2. The van der Waals surface area contributed by atoms with E-state index in [4.69, 9.17) is 9.97 Å². The summed E-state index contributed by atoms with van der Waals surface area (Å²) in [5.74, 6) is 0.311. The molecule has 0 aromatic carbocycles. The number of H-pyrrole nitrogens is 2.